The highest BCUT2D eigenvalue weighted by Crippen LogP contribution is 2.33. The van der Waals surface area contributed by atoms with Crippen LogP contribution < -0.4 is 0 Å². The lowest BCUT2D eigenvalue weighted by Crippen LogP contribution is -2.41. The molecule has 1 aromatic rings. The first-order chi connectivity index (χ1) is 8.24. The van der Waals surface area contributed by atoms with Crippen LogP contribution >= 0.6 is 12.4 Å². The van der Waals surface area contributed by atoms with Crippen molar-refractivity contribution >= 4 is 18.4 Å². The molecule has 0 atom stereocenters. The van der Waals surface area contributed by atoms with Crippen LogP contribution in [0.25, 0.3) is 0 Å². The van der Waals surface area contributed by atoms with Crippen LogP contribution in [-0.2, 0) is 17.6 Å². The molecule has 0 heterocycles. The third kappa shape index (κ3) is 2.68. The smallest absolute Gasteiger partial charge is 0.317 e. The highest BCUT2D eigenvalue weighted by molar-refractivity contribution is 5.85. The lowest BCUT2D eigenvalue weighted by molar-refractivity contribution is -0.139. The normalized spacial score (nSPS) is 18.5. The molecule has 0 amide bonds. The van der Waals surface area contributed by atoms with Gasteiger partial charge in [-0.15, -0.1) is 12.4 Å². The van der Waals surface area contributed by atoms with Crippen LogP contribution in [0.4, 0.5) is 0 Å². The molecule has 0 radical (unpaired) electrons. The highest BCUT2D eigenvalue weighted by Gasteiger charge is 2.37. The number of nitrogens with zero attached hydrogens (tertiary/aromatic N) is 1. The third-order valence-corrected chi connectivity index (χ3v) is 3.83. The predicted molar refractivity (Wildman–Crippen MR) is 72.2 cm³/mol. The SMILES string of the molecule is Cl.O=C(O)CN(C1CC1)C1Cc2ccccc2C1. The zero-order valence-corrected chi connectivity index (χ0v) is 11.0. The lowest BCUT2D eigenvalue weighted by atomic mass is 10.1. The second-order valence-electron chi connectivity index (χ2n) is 5.13. The fourth-order valence-corrected chi connectivity index (χ4v) is 2.89. The molecule has 1 fully saturated rings. The Balaban J connectivity index is 0.00000120. The zero-order chi connectivity index (χ0) is 11.8. The molecule has 1 N–H and O–H groups in total. The molecule has 18 heavy (non-hydrogen) atoms. The van der Waals surface area contributed by atoms with E-state index < -0.39 is 5.97 Å². The van der Waals surface area contributed by atoms with E-state index in [-0.39, 0.29) is 19.0 Å². The molecule has 0 saturated heterocycles. The average Bonchev–Trinajstić information content (AvgIpc) is 3.04. The topological polar surface area (TPSA) is 40.5 Å². The molecule has 0 spiro atoms. The number of carboxylic acids is 1. The maximum Gasteiger partial charge on any atom is 0.317 e. The summed E-state index contributed by atoms with van der Waals surface area (Å²) in [6, 6.07) is 9.39. The minimum absolute atomic E-state index is 0. The van der Waals surface area contributed by atoms with E-state index in [1.807, 2.05) is 0 Å². The highest BCUT2D eigenvalue weighted by atomic mass is 35.5. The molecule has 2 aliphatic rings. The van der Waals surface area contributed by atoms with Gasteiger partial charge in [0, 0.05) is 12.1 Å². The summed E-state index contributed by atoms with van der Waals surface area (Å²) in [5, 5.41) is 9.00. The number of rotatable bonds is 4. The second-order valence-corrected chi connectivity index (χ2v) is 5.13. The Labute approximate surface area is 113 Å². The van der Waals surface area contributed by atoms with Crippen LogP contribution in [0.15, 0.2) is 24.3 Å². The number of hydrogen-bond donors (Lipinski definition) is 1. The Morgan fingerprint density at radius 1 is 1.17 bits per heavy atom. The number of carboxylic acid groups (broad SMARTS) is 1. The fraction of sp³-hybridized carbons (Fsp3) is 0.500. The van der Waals surface area contributed by atoms with E-state index in [0.29, 0.717) is 12.1 Å². The molecule has 0 aliphatic heterocycles. The first-order valence-electron chi connectivity index (χ1n) is 6.28. The molecular formula is C14H18ClNO2. The van der Waals surface area contributed by atoms with E-state index >= 15 is 0 Å². The van der Waals surface area contributed by atoms with Gasteiger partial charge in [-0.2, -0.15) is 0 Å². The van der Waals surface area contributed by atoms with E-state index in [2.05, 4.69) is 29.2 Å². The summed E-state index contributed by atoms with van der Waals surface area (Å²) in [7, 11) is 0. The zero-order valence-electron chi connectivity index (χ0n) is 10.2. The van der Waals surface area contributed by atoms with Crippen molar-refractivity contribution in [2.75, 3.05) is 6.54 Å². The maximum absolute atomic E-state index is 10.9. The van der Waals surface area contributed by atoms with Gasteiger partial charge in [-0.1, -0.05) is 24.3 Å². The quantitative estimate of drug-likeness (QED) is 0.909. The Hall–Kier alpha value is -1.06. The summed E-state index contributed by atoms with van der Waals surface area (Å²) in [6.07, 6.45) is 4.36. The molecule has 0 unspecified atom stereocenters. The summed E-state index contributed by atoms with van der Waals surface area (Å²) < 4.78 is 0. The minimum atomic E-state index is -0.701. The van der Waals surface area contributed by atoms with Crippen molar-refractivity contribution in [3.63, 3.8) is 0 Å². The summed E-state index contributed by atoms with van der Waals surface area (Å²) in [5.74, 6) is -0.701. The van der Waals surface area contributed by atoms with E-state index in [1.54, 1.807) is 0 Å². The number of halogens is 1. The second kappa shape index (κ2) is 5.29. The van der Waals surface area contributed by atoms with Crippen molar-refractivity contribution in [2.45, 2.75) is 37.8 Å². The molecule has 98 valence electrons. The van der Waals surface area contributed by atoms with Gasteiger partial charge < -0.3 is 5.11 Å². The van der Waals surface area contributed by atoms with Crippen molar-refractivity contribution in [2.24, 2.45) is 0 Å². The maximum atomic E-state index is 10.9. The van der Waals surface area contributed by atoms with Gasteiger partial charge in [-0.05, 0) is 36.8 Å². The standard InChI is InChI=1S/C14H17NO2.ClH/c16-14(17)9-15(12-5-6-12)13-7-10-3-1-2-4-11(10)8-13;/h1-4,12-13H,5-9H2,(H,16,17);1H. The first-order valence-corrected chi connectivity index (χ1v) is 6.28. The Morgan fingerprint density at radius 3 is 2.17 bits per heavy atom. The monoisotopic (exact) mass is 267 g/mol. The van der Waals surface area contributed by atoms with Crippen LogP contribution in [-0.4, -0.2) is 34.6 Å². The average molecular weight is 268 g/mol. The van der Waals surface area contributed by atoms with Crippen molar-refractivity contribution in [1.29, 1.82) is 0 Å². The first kappa shape index (κ1) is 13.4. The van der Waals surface area contributed by atoms with Gasteiger partial charge in [0.05, 0.1) is 6.54 Å². The van der Waals surface area contributed by atoms with Crippen LogP contribution in [0.3, 0.4) is 0 Å². The molecule has 0 aromatic heterocycles. The van der Waals surface area contributed by atoms with Crippen LogP contribution in [0.1, 0.15) is 24.0 Å². The number of hydrogen-bond acceptors (Lipinski definition) is 2. The van der Waals surface area contributed by atoms with Crippen LogP contribution in [0, 0.1) is 0 Å². The van der Waals surface area contributed by atoms with Crippen molar-refractivity contribution in [1.82, 2.24) is 4.90 Å². The van der Waals surface area contributed by atoms with E-state index in [4.69, 9.17) is 5.11 Å². The van der Waals surface area contributed by atoms with Crippen molar-refractivity contribution in [3.05, 3.63) is 35.4 Å². The Kier molecular flexibility index (Phi) is 3.93. The predicted octanol–water partition coefficient (Wildman–Crippen LogP) is 2.12. The number of benzene rings is 1. The third-order valence-electron chi connectivity index (χ3n) is 3.83. The van der Waals surface area contributed by atoms with Gasteiger partial charge >= 0.3 is 5.97 Å². The molecule has 3 nitrogen and oxygen atoms in total. The van der Waals surface area contributed by atoms with Crippen LogP contribution in [0.5, 0.6) is 0 Å². The molecule has 3 rings (SSSR count). The Morgan fingerprint density at radius 2 is 1.72 bits per heavy atom. The van der Waals surface area contributed by atoms with Gasteiger partial charge in [-0.3, -0.25) is 9.69 Å². The molecule has 1 saturated carbocycles. The van der Waals surface area contributed by atoms with Gasteiger partial charge in [0.15, 0.2) is 0 Å². The van der Waals surface area contributed by atoms with E-state index in [0.717, 1.165) is 12.8 Å². The summed E-state index contributed by atoms with van der Waals surface area (Å²) in [6.45, 7) is 0.198. The summed E-state index contributed by atoms with van der Waals surface area (Å²) >= 11 is 0. The molecule has 1 aromatic carbocycles. The van der Waals surface area contributed by atoms with Crippen LogP contribution in [0.2, 0.25) is 0 Å². The fourth-order valence-electron chi connectivity index (χ4n) is 2.89. The summed E-state index contributed by atoms with van der Waals surface area (Å²) in [4.78, 5) is 13.1. The van der Waals surface area contributed by atoms with Gasteiger partial charge in [-0.25, -0.2) is 0 Å². The molecule has 2 aliphatic carbocycles. The van der Waals surface area contributed by atoms with Crippen molar-refractivity contribution in [3.8, 4) is 0 Å². The molecule has 4 heteroatoms. The number of aliphatic carboxylic acids is 1. The molecular weight excluding hydrogens is 250 g/mol. The lowest BCUT2D eigenvalue weighted by Gasteiger charge is -2.26. The number of carbonyl (C=O) groups is 1. The Bertz CT molecular complexity index is 420. The minimum Gasteiger partial charge on any atom is -0.480 e. The van der Waals surface area contributed by atoms with Crippen molar-refractivity contribution < 1.29 is 9.90 Å². The largest absolute Gasteiger partial charge is 0.480 e. The molecule has 0 bridgehead atoms. The summed E-state index contributed by atoms with van der Waals surface area (Å²) in [5.41, 5.74) is 2.79. The van der Waals surface area contributed by atoms with E-state index in [1.165, 1.54) is 24.0 Å². The van der Waals surface area contributed by atoms with Gasteiger partial charge in [0.1, 0.15) is 0 Å². The number of fused-ring (bicyclic) bond motifs is 1. The van der Waals surface area contributed by atoms with Gasteiger partial charge in [0.25, 0.3) is 0 Å². The van der Waals surface area contributed by atoms with Gasteiger partial charge in [0.2, 0.25) is 0 Å². The van der Waals surface area contributed by atoms with E-state index in [9.17, 15) is 4.79 Å².